The Hall–Kier alpha value is -4.43. The van der Waals surface area contributed by atoms with E-state index in [0.29, 0.717) is 17.1 Å². The van der Waals surface area contributed by atoms with E-state index >= 15 is 0 Å². The Labute approximate surface area is 226 Å². The van der Waals surface area contributed by atoms with E-state index in [1.54, 1.807) is 30.5 Å². The number of likely N-dealkylation sites (tertiary alicyclic amines) is 1. The molecule has 39 heavy (non-hydrogen) atoms. The van der Waals surface area contributed by atoms with Crippen molar-refractivity contribution in [3.63, 3.8) is 0 Å². The first kappa shape index (κ1) is 24.9. The van der Waals surface area contributed by atoms with Crippen molar-refractivity contribution in [2.24, 2.45) is 0 Å². The van der Waals surface area contributed by atoms with Gasteiger partial charge in [-0.25, -0.2) is 4.39 Å². The van der Waals surface area contributed by atoms with E-state index < -0.39 is 0 Å². The summed E-state index contributed by atoms with van der Waals surface area (Å²) in [4.78, 5) is 24.6. The molecule has 0 unspecified atom stereocenters. The quantitative estimate of drug-likeness (QED) is 0.269. The normalized spacial score (nSPS) is 14.3. The van der Waals surface area contributed by atoms with Crippen molar-refractivity contribution in [1.29, 1.82) is 0 Å². The summed E-state index contributed by atoms with van der Waals surface area (Å²) in [5.41, 5.74) is 6.30. The first-order valence-corrected chi connectivity index (χ1v) is 13.3. The molecule has 0 atom stereocenters. The van der Waals surface area contributed by atoms with E-state index in [1.807, 2.05) is 30.6 Å². The molecule has 0 radical (unpaired) electrons. The fraction of sp³-hybridized carbons (Fsp3) is 0.226. The minimum Gasteiger partial charge on any atom is -0.319 e. The van der Waals surface area contributed by atoms with Crippen LogP contribution in [0.1, 0.15) is 41.7 Å². The number of anilines is 1. The third-order valence-electron chi connectivity index (χ3n) is 7.17. The zero-order valence-corrected chi connectivity index (χ0v) is 21.5. The van der Waals surface area contributed by atoms with Gasteiger partial charge in [0.05, 0.1) is 23.1 Å². The number of aromatic nitrogens is 4. The number of amides is 1. The molecule has 1 aliphatic rings. The van der Waals surface area contributed by atoms with Gasteiger partial charge < -0.3 is 5.32 Å². The average molecular weight is 521 g/mol. The van der Waals surface area contributed by atoms with Gasteiger partial charge in [-0.2, -0.15) is 5.10 Å². The van der Waals surface area contributed by atoms with Crippen LogP contribution in [0.5, 0.6) is 0 Å². The Morgan fingerprint density at radius 2 is 1.67 bits per heavy atom. The third kappa shape index (κ3) is 5.71. The summed E-state index contributed by atoms with van der Waals surface area (Å²) in [5.74, 6) is -0.628. The van der Waals surface area contributed by atoms with Gasteiger partial charge in [0.2, 0.25) is 0 Å². The molecule has 8 heteroatoms. The molecule has 196 valence electrons. The summed E-state index contributed by atoms with van der Waals surface area (Å²) in [5, 5.41) is 10.9. The number of nitrogens with zero attached hydrogens (tertiary/aromatic N) is 4. The largest absolute Gasteiger partial charge is 0.319 e. The number of H-pyrrole nitrogens is 1. The molecule has 1 saturated heterocycles. The number of benzene rings is 2. The van der Waals surface area contributed by atoms with Gasteiger partial charge >= 0.3 is 0 Å². The Morgan fingerprint density at radius 1 is 0.872 bits per heavy atom. The molecule has 0 spiro atoms. The minimum absolute atomic E-state index is 0.297. The highest BCUT2D eigenvalue weighted by Gasteiger charge is 2.16. The Bertz CT molecular complexity index is 1590. The van der Waals surface area contributed by atoms with Crippen molar-refractivity contribution < 1.29 is 9.18 Å². The third-order valence-corrected chi connectivity index (χ3v) is 7.17. The lowest BCUT2D eigenvalue weighted by Crippen LogP contribution is -2.24. The van der Waals surface area contributed by atoms with E-state index in [4.69, 9.17) is 0 Å². The van der Waals surface area contributed by atoms with E-state index in [2.05, 4.69) is 36.4 Å². The van der Waals surface area contributed by atoms with Crippen LogP contribution >= 0.6 is 0 Å². The summed E-state index contributed by atoms with van der Waals surface area (Å²) in [7, 11) is 0. The minimum atomic E-state index is -0.331. The maximum absolute atomic E-state index is 13.2. The lowest BCUT2D eigenvalue weighted by atomic mass is 10.0. The first-order chi connectivity index (χ1) is 19.1. The van der Waals surface area contributed by atoms with E-state index in [1.165, 1.54) is 43.4 Å². The average Bonchev–Trinajstić information content (AvgIpc) is 3.22. The van der Waals surface area contributed by atoms with Gasteiger partial charge in [0.25, 0.3) is 5.91 Å². The summed E-state index contributed by atoms with van der Waals surface area (Å²) in [6.45, 7) is 3.17. The van der Waals surface area contributed by atoms with Crippen LogP contribution in [-0.2, 0) is 6.54 Å². The Morgan fingerprint density at radius 3 is 2.44 bits per heavy atom. The highest BCUT2D eigenvalue weighted by Crippen LogP contribution is 2.27. The second-order valence-corrected chi connectivity index (χ2v) is 10.00. The van der Waals surface area contributed by atoms with Crippen LogP contribution in [0.2, 0.25) is 0 Å². The van der Waals surface area contributed by atoms with Crippen molar-refractivity contribution in [1.82, 2.24) is 25.1 Å². The second-order valence-electron chi connectivity index (χ2n) is 10.00. The molecule has 2 aromatic carbocycles. The number of hydrogen-bond acceptors (Lipinski definition) is 5. The van der Waals surface area contributed by atoms with Crippen LogP contribution in [0.4, 0.5) is 10.1 Å². The van der Waals surface area contributed by atoms with Gasteiger partial charge in [0, 0.05) is 35.5 Å². The van der Waals surface area contributed by atoms with E-state index in [9.17, 15) is 9.18 Å². The first-order valence-electron chi connectivity index (χ1n) is 13.3. The highest BCUT2D eigenvalue weighted by molar-refractivity contribution is 6.11. The molecule has 0 aliphatic carbocycles. The summed E-state index contributed by atoms with van der Waals surface area (Å²) >= 11 is 0. The van der Waals surface area contributed by atoms with Crippen LogP contribution < -0.4 is 5.32 Å². The zero-order valence-electron chi connectivity index (χ0n) is 21.5. The van der Waals surface area contributed by atoms with Crippen molar-refractivity contribution in [2.75, 3.05) is 18.4 Å². The van der Waals surface area contributed by atoms with Crippen LogP contribution in [0, 0.1) is 5.82 Å². The number of halogens is 1. The lowest BCUT2D eigenvalue weighted by molar-refractivity contribution is 0.102. The predicted molar refractivity (Wildman–Crippen MR) is 151 cm³/mol. The fourth-order valence-electron chi connectivity index (χ4n) is 5.10. The van der Waals surface area contributed by atoms with Crippen molar-refractivity contribution >= 4 is 22.5 Å². The van der Waals surface area contributed by atoms with Gasteiger partial charge in [-0.05, 0) is 91.7 Å². The number of hydrogen-bond donors (Lipinski definition) is 2. The van der Waals surface area contributed by atoms with Gasteiger partial charge in [0.15, 0.2) is 5.69 Å². The molecule has 3 aromatic heterocycles. The summed E-state index contributed by atoms with van der Waals surface area (Å²) < 4.78 is 13.2. The summed E-state index contributed by atoms with van der Waals surface area (Å²) in [6.07, 6.45) is 10.5. The molecule has 0 saturated carbocycles. The molecule has 0 bridgehead atoms. The molecule has 7 nitrogen and oxygen atoms in total. The summed E-state index contributed by atoms with van der Waals surface area (Å²) in [6, 6.07) is 17.8. The maximum Gasteiger partial charge on any atom is 0.276 e. The molecular weight excluding hydrogens is 491 g/mol. The van der Waals surface area contributed by atoms with E-state index in [-0.39, 0.29) is 11.7 Å². The van der Waals surface area contributed by atoms with Gasteiger partial charge in [-0.15, -0.1) is 0 Å². The molecule has 1 aliphatic heterocycles. The number of pyridine rings is 2. The maximum atomic E-state index is 13.2. The molecule has 4 heterocycles. The molecule has 1 fully saturated rings. The van der Waals surface area contributed by atoms with Crippen molar-refractivity contribution in [2.45, 2.75) is 32.2 Å². The molecule has 6 rings (SSSR count). The highest BCUT2D eigenvalue weighted by atomic mass is 19.1. The zero-order chi connectivity index (χ0) is 26.6. The van der Waals surface area contributed by atoms with Crippen LogP contribution in [0.3, 0.4) is 0 Å². The fourth-order valence-corrected chi connectivity index (χ4v) is 5.10. The molecule has 2 N–H and O–H groups in total. The molecular formula is C31H29FN6O. The van der Waals surface area contributed by atoms with Crippen LogP contribution in [-0.4, -0.2) is 44.1 Å². The number of fused-ring (bicyclic) bond motifs is 1. The number of rotatable bonds is 6. The van der Waals surface area contributed by atoms with E-state index in [0.717, 1.165) is 47.2 Å². The monoisotopic (exact) mass is 520 g/mol. The molecule has 5 aromatic rings. The number of aromatic amines is 1. The standard InChI is InChI=1S/C31H29FN6O/c32-25-8-5-22(6-9-25)28-12-10-26(19-34-28)35-31(39)30-27-16-23(7-11-29(27)36-37-30)24-15-21(17-33-18-24)20-38-13-3-1-2-4-14-38/h5-12,15-19H,1-4,13-14,20H2,(H,35,39)(H,36,37). The van der Waals surface area contributed by atoms with Crippen LogP contribution in [0.25, 0.3) is 33.3 Å². The van der Waals surface area contributed by atoms with Gasteiger partial charge in [0.1, 0.15) is 5.82 Å². The smallest absolute Gasteiger partial charge is 0.276 e. The SMILES string of the molecule is O=C(Nc1ccc(-c2ccc(F)cc2)nc1)c1n[nH]c2ccc(-c3cncc(CN4CCCCCC4)c3)cc12. The second kappa shape index (κ2) is 11.1. The van der Waals surface area contributed by atoms with Gasteiger partial charge in [-0.3, -0.25) is 24.8 Å². The number of nitrogens with one attached hydrogen (secondary N) is 2. The number of carbonyl (C=O) groups excluding carboxylic acids is 1. The molecule has 1 amide bonds. The van der Waals surface area contributed by atoms with Gasteiger partial charge in [-0.1, -0.05) is 18.9 Å². The topological polar surface area (TPSA) is 86.8 Å². The van der Waals surface area contributed by atoms with Crippen molar-refractivity contribution in [3.8, 4) is 22.4 Å². The predicted octanol–water partition coefficient (Wildman–Crippen LogP) is 6.45. The van der Waals surface area contributed by atoms with Crippen molar-refractivity contribution in [3.05, 3.63) is 96.3 Å². The Balaban J connectivity index is 1.20. The van der Waals surface area contributed by atoms with Crippen LogP contribution in [0.15, 0.2) is 79.3 Å². The Kier molecular flexibility index (Phi) is 7.10. The lowest BCUT2D eigenvalue weighted by Gasteiger charge is -2.19. The number of carbonyl (C=O) groups is 1.